The van der Waals surface area contributed by atoms with E-state index in [0.717, 1.165) is 22.6 Å². The van der Waals surface area contributed by atoms with E-state index in [1.54, 1.807) is 20.4 Å². The van der Waals surface area contributed by atoms with Gasteiger partial charge in [0.15, 0.2) is 6.10 Å². The van der Waals surface area contributed by atoms with Crippen molar-refractivity contribution in [2.75, 3.05) is 27.3 Å². The average Bonchev–Trinajstić information content (AvgIpc) is 2.81. The predicted molar refractivity (Wildman–Crippen MR) is 116 cm³/mol. The zero-order valence-corrected chi connectivity index (χ0v) is 18.1. The number of methoxy groups -OCH3 is 2. The summed E-state index contributed by atoms with van der Waals surface area (Å²) in [5, 5.41) is 0. The first kappa shape index (κ1) is 21.1. The van der Waals surface area contributed by atoms with Gasteiger partial charge in [-0.05, 0) is 48.7 Å². The molecule has 2 unspecified atom stereocenters. The molecule has 7 nitrogen and oxygen atoms in total. The first-order chi connectivity index (χ1) is 15.0. The number of aryl methyl sites for hydroxylation is 1. The molecule has 0 spiro atoms. The van der Waals surface area contributed by atoms with E-state index in [-0.39, 0.29) is 17.9 Å². The van der Waals surface area contributed by atoms with E-state index in [4.69, 9.17) is 9.47 Å². The number of likely N-dealkylation sites (tertiary alicyclic amines) is 1. The largest absolute Gasteiger partial charge is 0.497 e. The molecule has 1 saturated heterocycles. The quantitative estimate of drug-likeness (QED) is 0.530. The van der Waals surface area contributed by atoms with Crippen LogP contribution in [0.25, 0.3) is 0 Å². The fourth-order valence-electron chi connectivity index (χ4n) is 4.16. The van der Waals surface area contributed by atoms with Gasteiger partial charge in [-0.15, -0.1) is 0 Å². The van der Waals surface area contributed by atoms with Crippen LogP contribution in [0.15, 0.2) is 54.2 Å². The second-order valence-corrected chi connectivity index (χ2v) is 7.88. The van der Waals surface area contributed by atoms with E-state index in [2.05, 4.69) is 11.1 Å². The Morgan fingerprint density at radius 2 is 1.94 bits per heavy atom. The molecule has 0 radical (unpaired) electrons. The second-order valence-electron chi connectivity index (χ2n) is 7.88. The minimum Gasteiger partial charge on any atom is -0.497 e. The average molecular weight is 421 g/mol. The van der Waals surface area contributed by atoms with Gasteiger partial charge in [0.2, 0.25) is 0 Å². The summed E-state index contributed by atoms with van der Waals surface area (Å²) in [6, 6.07) is 11.3. The van der Waals surface area contributed by atoms with Gasteiger partial charge in [-0.2, -0.15) is 0 Å². The molecule has 2 aliphatic rings. The van der Waals surface area contributed by atoms with Gasteiger partial charge in [0.05, 0.1) is 18.7 Å². The fourth-order valence-corrected chi connectivity index (χ4v) is 4.16. The molecule has 2 atom stereocenters. The van der Waals surface area contributed by atoms with E-state index in [9.17, 15) is 9.59 Å². The molecule has 162 valence electrons. The van der Waals surface area contributed by atoms with Gasteiger partial charge in [0, 0.05) is 38.6 Å². The Hall–Kier alpha value is -3.19. The van der Waals surface area contributed by atoms with Crippen LogP contribution in [0.4, 0.5) is 0 Å². The van der Waals surface area contributed by atoms with Crippen LogP contribution >= 0.6 is 0 Å². The van der Waals surface area contributed by atoms with Crippen molar-refractivity contribution in [3.63, 3.8) is 0 Å². The maximum atomic E-state index is 12.8. The standard InChI is InChI=1S/C24H27N3O4/c1-16-4-7-19(14-25-16)23(28)26-12-10-18(11-13-26)21-22(31-3)24(29)27(21)15-17-5-8-20(30-2)9-6-17/h4-10,14,21-22H,11-13,15H2,1-3H3. The summed E-state index contributed by atoms with van der Waals surface area (Å²) in [7, 11) is 3.20. The Morgan fingerprint density at radius 1 is 1.16 bits per heavy atom. The van der Waals surface area contributed by atoms with Crippen molar-refractivity contribution >= 4 is 11.8 Å². The van der Waals surface area contributed by atoms with Crippen molar-refractivity contribution in [3.8, 4) is 5.75 Å². The van der Waals surface area contributed by atoms with Crippen LogP contribution in [0.3, 0.4) is 0 Å². The highest BCUT2D eigenvalue weighted by Gasteiger charge is 2.49. The molecule has 1 aromatic heterocycles. The molecule has 2 aliphatic heterocycles. The van der Waals surface area contributed by atoms with Crippen LogP contribution < -0.4 is 4.74 Å². The maximum Gasteiger partial charge on any atom is 0.255 e. The Labute approximate surface area is 182 Å². The SMILES string of the molecule is COc1ccc(CN2C(=O)C(OC)C2C2=CCN(C(=O)c3ccc(C)nc3)CC2)cc1. The Balaban J connectivity index is 1.45. The first-order valence-corrected chi connectivity index (χ1v) is 10.4. The van der Waals surface area contributed by atoms with Gasteiger partial charge < -0.3 is 19.3 Å². The van der Waals surface area contributed by atoms with Gasteiger partial charge in [-0.3, -0.25) is 14.6 Å². The van der Waals surface area contributed by atoms with Gasteiger partial charge in [0.25, 0.3) is 11.8 Å². The summed E-state index contributed by atoms with van der Waals surface area (Å²) < 4.78 is 10.7. The van der Waals surface area contributed by atoms with Crippen molar-refractivity contribution < 1.29 is 19.1 Å². The van der Waals surface area contributed by atoms with Crippen LogP contribution in [0.5, 0.6) is 5.75 Å². The molecule has 1 aromatic carbocycles. The fraction of sp³-hybridized carbons (Fsp3) is 0.375. The monoisotopic (exact) mass is 421 g/mol. The number of pyridine rings is 1. The highest BCUT2D eigenvalue weighted by atomic mass is 16.5. The molecular weight excluding hydrogens is 394 g/mol. The summed E-state index contributed by atoms with van der Waals surface area (Å²) in [5.41, 5.74) is 3.66. The summed E-state index contributed by atoms with van der Waals surface area (Å²) in [4.78, 5) is 33.3. The van der Waals surface area contributed by atoms with E-state index in [1.807, 2.05) is 53.1 Å². The minimum atomic E-state index is -0.465. The van der Waals surface area contributed by atoms with E-state index < -0.39 is 6.10 Å². The van der Waals surface area contributed by atoms with Gasteiger partial charge in [0.1, 0.15) is 5.75 Å². The molecular formula is C24H27N3O4. The Morgan fingerprint density at radius 3 is 2.52 bits per heavy atom. The van der Waals surface area contributed by atoms with Crippen molar-refractivity contribution in [1.82, 2.24) is 14.8 Å². The Kier molecular flexibility index (Phi) is 6.04. The molecule has 0 saturated carbocycles. The second kappa shape index (κ2) is 8.89. The summed E-state index contributed by atoms with van der Waals surface area (Å²) in [5.74, 6) is 0.757. The number of ether oxygens (including phenoxy) is 2. The zero-order chi connectivity index (χ0) is 22.0. The van der Waals surface area contributed by atoms with Crippen LogP contribution in [0, 0.1) is 6.92 Å². The summed E-state index contributed by atoms with van der Waals surface area (Å²) >= 11 is 0. The van der Waals surface area contributed by atoms with Crippen LogP contribution in [-0.2, 0) is 16.1 Å². The number of benzene rings is 1. The molecule has 7 heteroatoms. The molecule has 3 heterocycles. The van der Waals surface area contributed by atoms with Crippen molar-refractivity contribution in [1.29, 1.82) is 0 Å². The first-order valence-electron chi connectivity index (χ1n) is 10.4. The predicted octanol–water partition coefficient (Wildman–Crippen LogP) is 2.60. The van der Waals surface area contributed by atoms with E-state index in [1.165, 1.54) is 0 Å². The number of rotatable bonds is 6. The number of nitrogens with zero attached hydrogens (tertiary/aromatic N) is 3. The Bertz CT molecular complexity index is 985. The molecule has 0 aliphatic carbocycles. The lowest BCUT2D eigenvalue weighted by Gasteiger charge is -2.48. The molecule has 4 rings (SSSR count). The third-order valence-corrected chi connectivity index (χ3v) is 5.98. The number of aromatic nitrogens is 1. The smallest absolute Gasteiger partial charge is 0.255 e. The number of carbonyl (C=O) groups is 2. The van der Waals surface area contributed by atoms with Gasteiger partial charge in [-0.25, -0.2) is 0 Å². The van der Waals surface area contributed by atoms with Crippen molar-refractivity contribution in [2.45, 2.75) is 32.0 Å². The lowest BCUT2D eigenvalue weighted by Crippen LogP contribution is -2.66. The number of hydrogen-bond acceptors (Lipinski definition) is 5. The number of carbonyl (C=O) groups excluding carboxylic acids is 2. The summed E-state index contributed by atoms with van der Waals surface area (Å²) in [6.07, 6.45) is 3.93. The molecule has 2 amide bonds. The van der Waals surface area contributed by atoms with Crippen LogP contribution in [0.1, 0.15) is 28.0 Å². The van der Waals surface area contributed by atoms with Crippen LogP contribution in [-0.4, -0.2) is 66.1 Å². The lowest BCUT2D eigenvalue weighted by molar-refractivity contribution is -0.168. The molecule has 0 N–H and O–H groups in total. The topological polar surface area (TPSA) is 72.0 Å². The highest BCUT2D eigenvalue weighted by Crippen LogP contribution is 2.33. The third kappa shape index (κ3) is 4.18. The maximum absolute atomic E-state index is 12.8. The van der Waals surface area contributed by atoms with Crippen molar-refractivity contribution in [2.24, 2.45) is 0 Å². The number of β-lactam (4-membered cyclic amide) rings is 1. The van der Waals surface area contributed by atoms with Gasteiger partial charge >= 0.3 is 0 Å². The van der Waals surface area contributed by atoms with Gasteiger partial charge in [-0.1, -0.05) is 18.2 Å². The number of amides is 2. The third-order valence-electron chi connectivity index (χ3n) is 5.98. The highest BCUT2D eigenvalue weighted by molar-refractivity contribution is 5.94. The lowest BCUT2D eigenvalue weighted by atomic mass is 9.86. The normalized spacial score (nSPS) is 20.9. The molecule has 2 aromatic rings. The number of hydrogen-bond donors (Lipinski definition) is 0. The molecule has 31 heavy (non-hydrogen) atoms. The molecule has 1 fully saturated rings. The zero-order valence-electron chi connectivity index (χ0n) is 18.1. The molecule has 0 bridgehead atoms. The minimum absolute atomic E-state index is 0.00606. The van der Waals surface area contributed by atoms with Crippen LogP contribution in [0.2, 0.25) is 0 Å². The summed E-state index contributed by atoms with van der Waals surface area (Å²) in [6.45, 7) is 3.53. The van der Waals surface area contributed by atoms with E-state index >= 15 is 0 Å². The van der Waals surface area contributed by atoms with Crippen molar-refractivity contribution in [3.05, 3.63) is 71.1 Å². The van der Waals surface area contributed by atoms with E-state index in [0.29, 0.717) is 31.6 Å².